The Balaban J connectivity index is 3.89. The third-order valence-corrected chi connectivity index (χ3v) is 3.33. The summed E-state index contributed by atoms with van der Waals surface area (Å²) in [6.07, 6.45) is 2.73. The molecule has 0 aromatic carbocycles. The largest absolute Gasteiger partial charge is 0.480 e. The van der Waals surface area contributed by atoms with Gasteiger partial charge in [-0.1, -0.05) is 27.7 Å². The molecule has 5 heteroatoms. The molecule has 0 rings (SSSR count). The number of carbonyl (C=O) groups excluding carboxylic acids is 1. The van der Waals surface area contributed by atoms with Crippen LogP contribution in [-0.2, 0) is 9.59 Å². The van der Waals surface area contributed by atoms with Crippen molar-refractivity contribution in [2.45, 2.75) is 59.4 Å². The summed E-state index contributed by atoms with van der Waals surface area (Å²) in [5, 5.41) is 11.5. The van der Waals surface area contributed by atoms with Gasteiger partial charge in [0.25, 0.3) is 0 Å². The van der Waals surface area contributed by atoms with Crippen molar-refractivity contribution < 1.29 is 14.7 Å². The van der Waals surface area contributed by atoms with E-state index in [9.17, 15) is 9.59 Å². The zero-order valence-corrected chi connectivity index (χ0v) is 12.5. The van der Waals surface area contributed by atoms with Crippen molar-refractivity contribution in [2.24, 2.45) is 17.1 Å². The SMILES string of the molecule is CCC(C(=O)NCCCCC(N)C(=O)O)C(C)(C)C. The summed E-state index contributed by atoms with van der Waals surface area (Å²) in [5.74, 6) is -0.880. The van der Waals surface area contributed by atoms with Crippen molar-refractivity contribution in [3.05, 3.63) is 0 Å². The number of aliphatic carboxylic acids is 1. The molecule has 0 fully saturated rings. The average molecular weight is 272 g/mol. The fourth-order valence-electron chi connectivity index (χ4n) is 2.14. The topological polar surface area (TPSA) is 92.4 Å². The van der Waals surface area contributed by atoms with Gasteiger partial charge < -0.3 is 16.2 Å². The highest BCUT2D eigenvalue weighted by atomic mass is 16.4. The van der Waals surface area contributed by atoms with Crippen molar-refractivity contribution >= 4 is 11.9 Å². The van der Waals surface area contributed by atoms with Crippen LogP contribution in [0.1, 0.15) is 53.4 Å². The van der Waals surface area contributed by atoms with Crippen molar-refractivity contribution in [1.29, 1.82) is 0 Å². The fourth-order valence-corrected chi connectivity index (χ4v) is 2.14. The maximum atomic E-state index is 12.0. The number of nitrogens with two attached hydrogens (primary N) is 1. The molecule has 0 aliphatic carbocycles. The van der Waals surface area contributed by atoms with Gasteiger partial charge in [0.2, 0.25) is 5.91 Å². The standard InChI is InChI=1S/C14H28N2O3/c1-5-10(14(2,3)4)12(17)16-9-7-6-8-11(15)13(18)19/h10-11H,5-9,15H2,1-4H3,(H,16,17)(H,18,19). The Morgan fingerprint density at radius 3 is 2.26 bits per heavy atom. The highest BCUT2D eigenvalue weighted by Crippen LogP contribution is 2.28. The molecule has 0 radical (unpaired) electrons. The van der Waals surface area contributed by atoms with Gasteiger partial charge in [-0.3, -0.25) is 9.59 Å². The van der Waals surface area contributed by atoms with Crippen molar-refractivity contribution in [2.75, 3.05) is 6.54 Å². The number of unbranched alkanes of at least 4 members (excludes halogenated alkanes) is 1. The summed E-state index contributed by atoms with van der Waals surface area (Å²) in [6, 6.07) is -0.798. The molecule has 2 unspecified atom stereocenters. The molecule has 0 aromatic heterocycles. The first-order chi connectivity index (χ1) is 8.70. The van der Waals surface area contributed by atoms with Gasteiger partial charge in [0.05, 0.1) is 0 Å². The maximum Gasteiger partial charge on any atom is 0.320 e. The zero-order valence-electron chi connectivity index (χ0n) is 12.5. The minimum absolute atomic E-state index is 0.00813. The lowest BCUT2D eigenvalue weighted by atomic mass is 9.78. The van der Waals surface area contributed by atoms with Gasteiger partial charge in [-0.25, -0.2) is 0 Å². The van der Waals surface area contributed by atoms with Crippen LogP contribution in [0.15, 0.2) is 0 Å². The molecule has 0 saturated carbocycles. The van der Waals surface area contributed by atoms with Crippen LogP contribution in [0.3, 0.4) is 0 Å². The molecule has 1 amide bonds. The van der Waals surface area contributed by atoms with Crippen molar-refractivity contribution in [3.8, 4) is 0 Å². The van der Waals surface area contributed by atoms with Gasteiger partial charge in [0, 0.05) is 12.5 Å². The van der Waals surface area contributed by atoms with Crippen LogP contribution >= 0.6 is 0 Å². The molecule has 0 saturated heterocycles. The lowest BCUT2D eigenvalue weighted by Crippen LogP contribution is -2.38. The molecule has 2 atom stereocenters. The van der Waals surface area contributed by atoms with Crippen LogP contribution in [-0.4, -0.2) is 29.6 Å². The number of amides is 1. The molecule has 19 heavy (non-hydrogen) atoms. The van der Waals surface area contributed by atoms with Gasteiger partial charge >= 0.3 is 5.97 Å². The average Bonchev–Trinajstić information content (AvgIpc) is 2.26. The molecule has 0 aliphatic rings. The summed E-state index contributed by atoms with van der Waals surface area (Å²) in [4.78, 5) is 22.5. The Morgan fingerprint density at radius 1 is 1.26 bits per heavy atom. The fraction of sp³-hybridized carbons (Fsp3) is 0.857. The number of rotatable bonds is 8. The molecule has 112 valence electrons. The first kappa shape index (κ1) is 17.9. The second kappa shape index (κ2) is 8.15. The molecular weight excluding hydrogens is 244 g/mol. The van der Waals surface area contributed by atoms with E-state index in [2.05, 4.69) is 26.1 Å². The predicted molar refractivity (Wildman–Crippen MR) is 75.7 cm³/mol. The van der Waals surface area contributed by atoms with Gasteiger partial charge in [-0.2, -0.15) is 0 Å². The predicted octanol–water partition coefficient (Wildman–Crippen LogP) is 1.76. The molecule has 0 spiro atoms. The molecule has 0 heterocycles. The van der Waals surface area contributed by atoms with Gasteiger partial charge in [-0.05, 0) is 31.1 Å². The van der Waals surface area contributed by atoms with Crippen molar-refractivity contribution in [1.82, 2.24) is 5.32 Å². The van der Waals surface area contributed by atoms with E-state index in [1.54, 1.807) is 0 Å². The summed E-state index contributed by atoms with van der Waals surface area (Å²) in [6.45, 7) is 8.78. The number of carboxylic acids is 1. The highest BCUT2D eigenvalue weighted by Gasteiger charge is 2.29. The van der Waals surface area contributed by atoms with Gasteiger partial charge in [0.1, 0.15) is 6.04 Å². The molecule has 0 aliphatic heterocycles. The van der Waals surface area contributed by atoms with Crippen LogP contribution in [0.4, 0.5) is 0 Å². The quantitative estimate of drug-likeness (QED) is 0.587. The van der Waals surface area contributed by atoms with E-state index in [-0.39, 0.29) is 17.2 Å². The number of carbonyl (C=O) groups is 2. The summed E-state index contributed by atoms with van der Waals surface area (Å²) >= 11 is 0. The van der Waals surface area contributed by atoms with Gasteiger partial charge in [-0.15, -0.1) is 0 Å². The summed E-state index contributed by atoms with van der Waals surface area (Å²) < 4.78 is 0. The Kier molecular flexibility index (Phi) is 7.68. The maximum absolute atomic E-state index is 12.0. The second-order valence-corrected chi connectivity index (χ2v) is 6.06. The van der Waals surface area contributed by atoms with Crippen LogP contribution in [0.5, 0.6) is 0 Å². The monoisotopic (exact) mass is 272 g/mol. The molecular formula is C14H28N2O3. The summed E-state index contributed by atoms with van der Waals surface area (Å²) in [5.41, 5.74) is 5.36. The van der Waals surface area contributed by atoms with E-state index in [0.717, 1.165) is 12.8 Å². The Morgan fingerprint density at radius 2 is 1.84 bits per heavy atom. The third kappa shape index (κ3) is 7.15. The highest BCUT2D eigenvalue weighted by molar-refractivity contribution is 5.79. The lowest BCUT2D eigenvalue weighted by Gasteiger charge is -2.28. The summed E-state index contributed by atoms with van der Waals surface area (Å²) in [7, 11) is 0. The smallest absolute Gasteiger partial charge is 0.320 e. The van der Waals surface area contributed by atoms with Crippen LogP contribution < -0.4 is 11.1 Å². The number of nitrogens with one attached hydrogen (secondary N) is 1. The molecule has 0 aromatic rings. The Hall–Kier alpha value is -1.10. The zero-order chi connectivity index (χ0) is 15.1. The number of carboxylic acid groups (broad SMARTS) is 1. The molecule has 0 bridgehead atoms. The minimum atomic E-state index is -0.970. The Bertz CT molecular complexity index is 298. The number of hydrogen-bond donors (Lipinski definition) is 3. The number of hydrogen-bond acceptors (Lipinski definition) is 3. The first-order valence-corrected chi connectivity index (χ1v) is 6.96. The van der Waals surface area contributed by atoms with Crippen LogP contribution in [0.2, 0.25) is 0 Å². The normalized spacial score (nSPS) is 14.8. The van der Waals surface area contributed by atoms with Gasteiger partial charge in [0.15, 0.2) is 0 Å². The van der Waals surface area contributed by atoms with E-state index in [1.807, 2.05) is 6.92 Å². The van der Waals surface area contributed by atoms with E-state index in [1.165, 1.54) is 0 Å². The van der Waals surface area contributed by atoms with E-state index in [0.29, 0.717) is 19.4 Å². The lowest BCUT2D eigenvalue weighted by molar-refractivity contribution is -0.138. The minimum Gasteiger partial charge on any atom is -0.480 e. The van der Waals surface area contributed by atoms with E-state index < -0.39 is 12.0 Å². The molecule has 5 nitrogen and oxygen atoms in total. The van der Waals surface area contributed by atoms with E-state index >= 15 is 0 Å². The Labute approximate surface area is 115 Å². The van der Waals surface area contributed by atoms with Crippen LogP contribution in [0, 0.1) is 11.3 Å². The molecule has 4 N–H and O–H groups in total. The second-order valence-electron chi connectivity index (χ2n) is 6.06. The third-order valence-electron chi connectivity index (χ3n) is 3.33. The van der Waals surface area contributed by atoms with Crippen LogP contribution in [0.25, 0.3) is 0 Å². The van der Waals surface area contributed by atoms with E-state index in [4.69, 9.17) is 10.8 Å². The van der Waals surface area contributed by atoms with Crippen molar-refractivity contribution in [3.63, 3.8) is 0 Å². The first-order valence-electron chi connectivity index (χ1n) is 6.96.